The van der Waals surface area contributed by atoms with Crippen LogP contribution in [0.15, 0.2) is 53.5 Å². The molecule has 0 bridgehead atoms. The average molecular weight is 533 g/mol. The Morgan fingerprint density at radius 1 is 0.974 bits per heavy atom. The number of carbonyl (C=O) groups is 1. The topological polar surface area (TPSA) is 57.6 Å². The number of piperazine rings is 1. The van der Waals surface area contributed by atoms with Crippen LogP contribution in [0.1, 0.15) is 29.6 Å². The summed E-state index contributed by atoms with van der Waals surface area (Å²) in [6.07, 6.45) is 4.86. The Balaban J connectivity index is 1.08. The Morgan fingerprint density at radius 3 is 2.53 bits per heavy atom. The van der Waals surface area contributed by atoms with Gasteiger partial charge in [-0.2, -0.15) is 0 Å². The van der Waals surface area contributed by atoms with E-state index in [1.165, 1.54) is 5.69 Å². The third-order valence-corrected chi connectivity index (χ3v) is 8.11. The zero-order chi connectivity index (χ0) is 26.1. The van der Waals surface area contributed by atoms with Crippen LogP contribution in [0, 0.1) is 0 Å². The molecule has 6 rings (SSSR count). The van der Waals surface area contributed by atoms with Crippen LogP contribution in [-0.2, 0) is 0 Å². The van der Waals surface area contributed by atoms with Crippen molar-refractivity contribution in [3.63, 3.8) is 0 Å². The molecule has 0 unspecified atom stereocenters. The van der Waals surface area contributed by atoms with Gasteiger partial charge in [0, 0.05) is 56.2 Å². The fourth-order valence-corrected chi connectivity index (χ4v) is 5.84. The number of methoxy groups -OCH3 is 1. The highest BCUT2D eigenvalue weighted by molar-refractivity contribution is 6.30. The summed E-state index contributed by atoms with van der Waals surface area (Å²) >= 11 is 6.03. The fraction of sp³-hybridized carbons (Fsp3) is 0.400. The Morgan fingerprint density at radius 2 is 1.74 bits per heavy atom. The van der Waals surface area contributed by atoms with Crippen molar-refractivity contribution < 1.29 is 14.3 Å². The lowest BCUT2D eigenvalue weighted by atomic mass is 10.0. The number of hydrogen-bond donors (Lipinski definition) is 0. The predicted molar refractivity (Wildman–Crippen MR) is 153 cm³/mol. The maximum atomic E-state index is 13.2. The van der Waals surface area contributed by atoms with Gasteiger partial charge in [0.2, 0.25) is 0 Å². The van der Waals surface area contributed by atoms with Gasteiger partial charge in [-0.1, -0.05) is 11.6 Å². The third-order valence-electron chi connectivity index (χ3n) is 7.85. The molecule has 38 heavy (non-hydrogen) atoms. The van der Waals surface area contributed by atoms with E-state index in [-0.39, 0.29) is 11.9 Å². The van der Waals surface area contributed by atoms with E-state index in [2.05, 4.69) is 26.9 Å². The van der Waals surface area contributed by atoms with Gasteiger partial charge >= 0.3 is 0 Å². The number of fused-ring (bicyclic) bond motifs is 3. The van der Waals surface area contributed by atoms with Crippen molar-refractivity contribution in [2.24, 2.45) is 4.99 Å². The molecule has 0 aliphatic carbocycles. The molecular formula is C30H33ClN4O3. The number of ether oxygens (including phenoxy) is 2. The lowest BCUT2D eigenvalue weighted by molar-refractivity contribution is 0.0775. The van der Waals surface area contributed by atoms with Gasteiger partial charge in [0.05, 0.1) is 31.0 Å². The van der Waals surface area contributed by atoms with Gasteiger partial charge in [0.1, 0.15) is 0 Å². The standard InChI is InChI=1S/C30H33ClN4O3/c1-37-28-18-22-17-27-26(30(36)35-10-2-4-25(35)20-32-27)16-21(22)19-29(28)38-15-3-9-33-11-13-34(14-12-33)24-7-5-23(31)6-8-24/h5-8,16-20,25H,2-4,9-15H2,1H3/t25-/m0/s1. The van der Waals surface area contributed by atoms with Crippen LogP contribution in [0.4, 0.5) is 11.4 Å². The molecule has 0 aromatic heterocycles. The largest absolute Gasteiger partial charge is 0.493 e. The number of benzene rings is 3. The van der Waals surface area contributed by atoms with Gasteiger partial charge in [0.25, 0.3) is 5.91 Å². The number of halogens is 1. The first kappa shape index (κ1) is 25.0. The predicted octanol–water partition coefficient (Wildman–Crippen LogP) is 5.41. The third kappa shape index (κ3) is 5.05. The Bertz CT molecular complexity index is 1350. The smallest absolute Gasteiger partial charge is 0.256 e. The van der Waals surface area contributed by atoms with E-state index in [1.807, 2.05) is 47.5 Å². The molecule has 2 saturated heterocycles. The van der Waals surface area contributed by atoms with E-state index in [0.717, 1.165) is 80.0 Å². The van der Waals surface area contributed by atoms with Gasteiger partial charge < -0.3 is 19.3 Å². The molecule has 7 nitrogen and oxygen atoms in total. The maximum Gasteiger partial charge on any atom is 0.256 e. The Hall–Kier alpha value is -3.29. The second-order valence-corrected chi connectivity index (χ2v) is 10.6. The summed E-state index contributed by atoms with van der Waals surface area (Å²) in [5.41, 5.74) is 2.61. The van der Waals surface area contributed by atoms with Gasteiger partial charge in [-0.25, -0.2) is 0 Å². The molecular weight excluding hydrogens is 500 g/mol. The zero-order valence-electron chi connectivity index (χ0n) is 21.7. The molecule has 0 spiro atoms. The van der Waals surface area contributed by atoms with E-state index in [0.29, 0.717) is 23.7 Å². The van der Waals surface area contributed by atoms with Crippen molar-refractivity contribution >= 4 is 45.9 Å². The maximum absolute atomic E-state index is 13.2. The van der Waals surface area contributed by atoms with Crippen molar-refractivity contribution in [2.45, 2.75) is 25.3 Å². The molecule has 3 heterocycles. The van der Waals surface area contributed by atoms with Crippen LogP contribution in [-0.4, -0.2) is 80.9 Å². The van der Waals surface area contributed by atoms with E-state index < -0.39 is 0 Å². The van der Waals surface area contributed by atoms with Crippen molar-refractivity contribution in [1.29, 1.82) is 0 Å². The summed E-state index contributed by atoms with van der Waals surface area (Å²) in [5.74, 6) is 1.46. The van der Waals surface area contributed by atoms with Crippen molar-refractivity contribution in [2.75, 3.05) is 57.9 Å². The number of rotatable bonds is 7. The second kappa shape index (κ2) is 10.8. The molecule has 1 amide bonds. The van der Waals surface area contributed by atoms with E-state index in [9.17, 15) is 4.79 Å². The summed E-state index contributed by atoms with van der Waals surface area (Å²) in [6.45, 7) is 6.45. The molecule has 8 heteroatoms. The van der Waals surface area contributed by atoms with Crippen LogP contribution in [0.25, 0.3) is 10.8 Å². The minimum Gasteiger partial charge on any atom is -0.493 e. The normalized spacial score (nSPS) is 19.4. The Kier molecular flexibility index (Phi) is 7.13. The molecule has 198 valence electrons. The van der Waals surface area contributed by atoms with Crippen LogP contribution < -0.4 is 14.4 Å². The van der Waals surface area contributed by atoms with Crippen LogP contribution in [0.2, 0.25) is 5.02 Å². The van der Waals surface area contributed by atoms with Crippen LogP contribution >= 0.6 is 11.6 Å². The summed E-state index contributed by atoms with van der Waals surface area (Å²) < 4.78 is 11.8. The van der Waals surface area contributed by atoms with Crippen molar-refractivity contribution in [3.05, 3.63) is 59.1 Å². The minimum atomic E-state index is 0.0661. The van der Waals surface area contributed by atoms with Crippen molar-refractivity contribution in [1.82, 2.24) is 9.80 Å². The molecule has 0 saturated carbocycles. The van der Waals surface area contributed by atoms with Crippen LogP contribution in [0.5, 0.6) is 11.5 Å². The van der Waals surface area contributed by atoms with Gasteiger partial charge in [-0.15, -0.1) is 0 Å². The monoisotopic (exact) mass is 532 g/mol. The van der Waals surface area contributed by atoms with Gasteiger partial charge in [-0.05, 0) is 78.6 Å². The van der Waals surface area contributed by atoms with Gasteiger partial charge in [-0.3, -0.25) is 14.7 Å². The first-order valence-electron chi connectivity index (χ1n) is 13.5. The van der Waals surface area contributed by atoms with Crippen molar-refractivity contribution in [3.8, 4) is 11.5 Å². The molecule has 0 radical (unpaired) electrons. The number of aliphatic imine (C=N–C) groups is 1. The number of anilines is 1. The Labute approximate surface area is 228 Å². The zero-order valence-corrected chi connectivity index (χ0v) is 22.5. The average Bonchev–Trinajstić information content (AvgIpc) is 3.38. The van der Waals surface area contributed by atoms with E-state index >= 15 is 0 Å². The highest BCUT2D eigenvalue weighted by atomic mass is 35.5. The van der Waals surface area contributed by atoms with Crippen LogP contribution in [0.3, 0.4) is 0 Å². The SMILES string of the molecule is COc1cc2cc3c(cc2cc1OCCCN1CCN(c2ccc(Cl)cc2)CC1)C(=O)N1CCC[C@H]1C=N3. The number of nitrogens with zero attached hydrogens (tertiary/aromatic N) is 4. The van der Waals surface area contributed by atoms with Gasteiger partial charge in [0.15, 0.2) is 11.5 Å². The molecule has 3 aliphatic heterocycles. The lowest BCUT2D eigenvalue weighted by Gasteiger charge is -2.36. The highest BCUT2D eigenvalue weighted by Crippen LogP contribution is 2.37. The molecule has 3 aliphatic rings. The lowest BCUT2D eigenvalue weighted by Crippen LogP contribution is -2.46. The fourth-order valence-electron chi connectivity index (χ4n) is 5.72. The summed E-state index contributed by atoms with van der Waals surface area (Å²) in [7, 11) is 1.66. The molecule has 0 N–H and O–H groups in total. The number of amides is 1. The summed E-state index contributed by atoms with van der Waals surface area (Å²) in [5, 5.41) is 2.71. The second-order valence-electron chi connectivity index (χ2n) is 10.2. The van der Waals surface area contributed by atoms with E-state index in [4.69, 9.17) is 21.1 Å². The number of hydrogen-bond acceptors (Lipinski definition) is 6. The molecule has 3 aromatic carbocycles. The first-order valence-corrected chi connectivity index (χ1v) is 13.8. The first-order chi connectivity index (χ1) is 18.6. The minimum absolute atomic E-state index is 0.0661. The summed E-state index contributed by atoms with van der Waals surface area (Å²) in [6, 6.07) is 16.1. The molecule has 1 atom stereocenters. The molecule has 3 aromatic rings. The van der Waals surface area contributed by atoms with E-state index in [1.54, 1.807) is 7.11 Å². The molecule has 2 fully saturated rings. The number of carbonyl (C=O) groups excluding carboxylic acids is 1. The highest BCUT2D eigenvalue weighted by Gasteiger charge is 2.31. The summed E-state index contributed by atoms with van der Waals surface area (Å²) in [4.78, 5) is 24.7. The quantitative estimate of drug-likeness (QED) is 0.381.